The molecule has 0 saturated heterocycles. The molecule has 0 fully saturated rings. The first-order chi connectivity index (χ1) is 9.61. The van der Waals surface area contributed by atoms with Crippen LogP contribution in [0.25, 0.3) is 0 Å². The molecular formula is C16H17BrClNO. The lowest BCUT2D eigenvalue weighted by Crippen LogP contribution is -2.18. The molecule has 0 aliphatic rings. The Morgan fingerprint density at radius 3 is 2.65 bits per heavy atom. The second kappa shape index (κ2) is 7.11. The molecule has 1 unspecified atom stereocenters. The molecule has 2 aromatic rings. The topological polar surface area (TPSA) is 21.3 Å². The highest BCUT2D eigenvalue weighted by molar-refractivity contribution is 9.10. The fourth-order valence-corrected chi connectivity index (χ4v) is 2.79. The first-order valence-corrected chi connectivity index (χ1v) is 7.74. The first kappa shape index (κ1) is 15.4. The van der Waals surface area contributed by atoms with E-state index >= 15 is 0 Å². The van der Waals surface area contributed by atoms with Crippen molar-refractivity contribution in [2.24, 2.45) is 0 Å². The highest BCUT2D eigenvalue weighted by Crippen LogP contribution is 2.34. The van der Waals surface area contributed by atoms with E-state index in [1.54, 1.807) is 0 Å². The summed E-state index contributed by atoms with van der Waals surface area (Å²) in [4.78, 5) is 0. The maximum Gasteiger partial charge on any atom is 0.141 e. The van der Waals surface area contributed by atoms with Crippen LogP contribution in [-0.2, 0) is 0 Å². The number of nitrogens with one attached hydrogen (secondary N) is 1. The molecule has 2 rings (SSSR count). The van der Waals surface area contributed by atoms with Crippen molar-refractivity contribution < 1.29 is 4.74 Å². The zero-order valence-electron chi connectivity index (χ0n) is 11.5. The van der Waals surface area contributed by atoms with Crippen LogP contribution in [0.4, 0.5) is 0 Å². The molecule has 106 valence electrons. The quantitative estimate of drug-likeness (QED) is 0.758. The van der Waals surface area contributed by atoms with Crippen LogP contribution in [-0.4, -0.2) is 6.54 Å². The number of hydrogen-bond donors (Lipinski definition) is 1. The van der Waals surface area contributed by atoms with Crippen molar-refractivity contribution in [2.45, 2.75) is 19.9 Å². The second-order valence-corrected chi connectivity index (χ2v) is 5.78. The third-order valence-electron chi connectivity index (χ3n) is 3.01. The minimum absolute atomic E-state index is 0.238. The van der Waals surface area contributed by atoms with Crippen molar-refractivity contribution in [3.8, 4) is 11.5 Å². The number of para-hydroxylation sites is 1. The molecule has 20 heavy (non-hydrogen) atoms. The molecule has 0 aliphatic carbocycles. The van der Waals surface area contributed by atoms with Crippen LogP contribution in [0.1, 0.15) is 25.5 Å². The summed E-state index contributed by atoms with van der Waals surface area (Å²) >= 11 is 9.42. The lowest BCUT2D eigenvalue weighted by molar-refractivity contribution is 0.460. The maximum absolute atomic E-state index is 6.02. The van der Waals surface area contributed by atoms with Crippen LogP contribution >= 0.6 is 27.5 Å². The van der Waals surface area contributed by atoms with E-state index < -0.39 is 0 Å². The molecule has 1 atom stereocenters. The van der Waals surface area contributed by atoms with Crippen molar-refractivity contribution >= 4 is 27.5 Å². The van der Waals surface area contributed by atoms with Crippen LogP contribution < -0.4 is 10.1 Å². The molecule has 0 saturated carbocycles. The monoisotopic (exact) mass is 353 g/mol. The lowest BCUT2D eigenvalue weighted by Gasteiger charge is -2.18. The Morgan fingerprint density at radius 1 is 1.20 bits per heavy atom. The summed E-state index contributed by atoms with van der Waals surface area (Å²) in [6.45, 7) is 5.14. The Hall–Kier alpha value is -1.03. The van der Waals surface area contributed by atoms with Gasteiger partial charge in [-0.15, -0.1) is 0 Å². The summed E-state index contributed by atoms with van der Waals surface area (Å²) in [5.41, 5.74) is 1.14. The first-order valence-electron chi connectivity index (χ1n) is 6.57. The number of rotatable bonds is 5. The van der Waals surface area contributed by atoms with Crippen molar-refractivity contribution in [1.29, 1.82) is 0 Å². The van der Waals surface area contributed by atoms with Gasteiger partial charge in [0.25, 0.3) is 0 Å². The van der Waals surface area contributed by atoms with Crippen molar-refractivity contribution in [2.75, 3.05) is 6.54 Å². The third kappa shape index (κ3) is 3.75. The molecule has 2 aromatic carbocycles. The zero-order chi connectivity index (χ0) is 14.5. The predicted molar refractivity (Wildman–Crippen MR) is 87.8 cm³/mol. The summed E-state index contributed by atoms with van der Waals surface area (Å²) in [6.07, 6.45) is 0. The number of halogens is 2. The molecule has 0 spiro atoms. The van der Waals surface area contributed by atoms with E-state index in [1.165, 1.54) is 0 Å². The fraction of sp³-hybridized carbons (Fsp3) is 0.250. The van der Waals surface area contributed by atoms with Gasteiger partial charge in [0.05, 0.1) is 4.47 Å². The van der Waals surface area contributed by atoms with Gasteiger partial charge in [0.1, 0.15) is 11.5 Å². The average Bonchev–Trinajstić information content (AvgIpc) is 2.43. The molecule has 4 heteroatoms. The summed E-state index contributed by atoms with van der Waals surface area (Å²) in [6, 6.07) is 13.8. The Kier molecular flexibility index (Phi) is 5.46. The van der Waals surface area contributed by atoms with Crippen LogP contribution in [0.3, 0.4) is 0 Å². The van der Waals surface area contributed by atoms with Gasteiger partial charge in [-0.05, 0) is 53.7 Å². The van der Waals surface area contributed by atoms with Gasteiger partial charge in [-0.2, -0.15) is 0 Å². The standard InChI is InChI=1S/C16H17BrClNO/c1-3-19-11(2)13-6-4-5-7-15(13)20-16-9-8-12(18)10-14(16)17/h4-11,19H,3H2,1-2H3. The van der Waals surface area contributed by atoms with E-state index in [2.05, 4.69) is 41.2 Å². The van der Waals surface area contributed by atoms with Crippen LogP contribution in [0.5, 0.6) is 11.5 Å². The molecule has 0 heterocycles. The van der Waals surface area contributed by atoms with Gasteiger partial charge in [0.2, 0.25) is 0 Å². The normalized spacial score (nSPS) is 12.2. The molecule has 0 bridgehead atoms. The Labute approximate surface area is 133 Å². The second-order valence-electron chi connectivity index (χ2n) is 4.49. The Balaban J connectivity index is 2.29. The van der Waals surface area contributed by atoms with Gasteiger partial charge >= 0.3 is 0 Å². The summed E-state index contributed by atoms with van der Waals surface area (Å²) in [5, 5.41) is 4.08. The average molecular weight is 355 g/mol. The van der Waals surface area contributed by atoms with E-state index in [0.29, 0.717) is 5.02 Å². The molecule has 2 nitrogen and oxygen atoms in total. The highest BCUT2D eigenvalue weighted by atomic mass is 79.9. The van der Waals surface area contributed by atoms with Crippen molar-refractivity contribution in [3.05, 3.63) is 57.5 Å². The summed E-state index contributed by atoms with van der Waals surface area (Å²) in [7, 11) is 0. The van der Waals surface area contributed by atoms with Crippen LogP contribution in [0.2, 0.25) is 5.02 Å². The maximum atomic E-state index is 6.02. The highest BCUT2D eigenvalue weighted by Gasteiger charge is 2.12. The molecule has 1 N–H and O–H groups in total. The Bertz CT molecular complexity index is 588. The van der Waals surface area contributed by atoms with Gasteiger partial charge in [0.15, 0.2) is 0 Å². The van der Waals surface area contributed by atoms with E-state index in [4.69, 9.17) is 16.3 Å². The van der Waals surface area contributed by atoms with Gasteiger partial charge in [-0.3, -0.25) is 0 Å². The van der Waals surface area contributed by atoms with Gasteiger partial charge < -0.3 is 10.1 Å². The predicted octanol–water partition coefficient (Wildman–Crippen LogP) is 5.57. The van der Waals surface area contributed by atoms with Gasteiger partial charge in [-0.25, -0.2) is 0 Å². The van der Waals surface area contributed by atoms with Crippen molar-refractivity contribution in [3.63, 3.8) is 0 Å². The minimum atomic E-state index is 0.238. The third-order valence-corrected chi connectivity index (χ3v) is 3.86. The number of benzene rings is 2. The zero-order valence-corrected chi connectivity index (χ0v) is 13.8. The number of ether oxygens (including phenoxy) is 1. The largest absolute Gasteiger partial charge is 0.456 e. The SMILES string of the molecule is CCNC(C)c1ccccc1Oc1ccc(Cl)cc1Br. The Morgan fingerprint density at radius 2 is 1.95 bits per heavy atom. The fourth-order valence-electron chi connectivity index (χ4n) is 2.02. The molecule has 0 radical (unpaired) electrons. The van der Waals surface area contributed by atoms with E-state index in [1.807, 2.05) is 36.4 Å². The van der Waals surface area contributed by atoms with Gasteiger partial charge in [-0.1, -0.05) is 36.7 Å². The van der Waals surface area contributed by atoms with E-state index in [9.17, 15) is 0 Å². The van der Waals surface area contributed by atoms with Crippen LogP contribution in [0, 0.1) is 0 Å². The van der Waals surface area contributed by atoms with E-state index in [-0.39, 0.29) is 6.04 Å². The van der Waals surface area contributed by atoms with Crippen molar-refractivity contribution in [1.82, 2.24) is 5.32 Å². The van der Waals surface area contributed by atoms with E-state index in [0.717, 1.165) is 28.1 Å². The summed E-state index contributed by atoms with van der Waals surface area (Å²) < 4.78 is 6.86. The molecular weight excluding hydrogens is 338 g/mol. The summed E-state index contributed by atoms with van der Waals surface area (Å²) in [5.74, 6) is 1.61. The smallest absolute Gasteiger partial charge is 0.141 e. The lowest BCUT2D eigenvalue weighted by atomic mass is 10.1. The van der Waals surface area contributed by atoms with Gasteiger partial charge in [0, 0.05) is 16.6 Å². The molecule has 0 aliphatic heterocycles. The number of hydrogen-bond acceptors (Lipinski definition) is 2. The minimum Gasteiger partial charge on any atom is -0.456 e. The molecule has 0 aromatic heterocycles. The van der Waals surface area contributed by atoms with Crippen LogP contribution in [0.15, 0.2) is 46.9 Å². The molecule has 0 amide bonds.